The first-order valence-corrected chi connectivity index (χ1v) is 11.7. The lowest BCUT2D eigenvalue weighted by Gasteiger charge is -2.37. The monoisotopic (exact) mass is 463 g/mol. The lowest BCUT2D eigenvalue weighted by molar-refractivity contribution is -0.0380. The first-order valence-electron chi connectivity index (χ1n) is 11.7. The first-order chi connectivity index (χ1) is 15.5. The molecule has 2 aromatic heterocycles. The van der Waals surface area contributed by atoms with Gasteiger partial charge in [0.25, 0.3) is 0 Å². The van der Waals surface area contributed by atoms with E-state index in [2.05, 4.69) is 48.3 Å². The van der Waals surface area contributed by atoms with Crippen LogP contribution in [0.5, 0.6) is 0 Å². The number of nitriles is 2. The molecule has 5 rings (SSSR count). The Kier molecular flexibility index (Phi) is 6.52. The van der Waals surface area contributed by atoms with Crippen LogP contribution in [-0.2, 0) is 4.74 Å². The predicted octanol–water partition coefficient (Wildman–Crippen LogP) is 5.50. The fraction of sp³-hybridized carbons (Fsp3) is 0.500. The number of rotatable bonds is 2. The Morgan fingerprint density at radius 1 is 1.06 bits per heavy atom. The molecule has 2 aliphatic heterocycles. The smallest absolute Gasteiger partial charge is 0.157 e. The zero-order valence-corrected chi connectivity index (χ0v) is 20.2. The minimum absolute atomic E-state index is 0. The number of aromatic nitrogens is 2. The fourth-order valence-electron chi connectivity index (χ4n) is 5.86. The third kappa shape index (κ3) is 3.92. The molecule has 0 N–H and O–H groups in total. The SMILES string of the molecule is Cc1c(C2C[C@@H](C)O[C@@H](C)C2)c(C#N)c2nc3ccccc3n2c1N1CCC(C#N)CC1.Cl. The van der Waals surface area contributed by atoms with Crippen molar-refractivity contribution in [3.05, 3.63) is 41.0 Å². The molecule has 4 heterocycles. The van der Waals surface area contributed by atoms with Crippen molar-refractivity contribution in [3.8, 4) is 12.1 Å². The summed E-state index contributed by atoms with van der Waals surface area (Å²) in [6.07, 6.45) is 3.88. The van der Waals surface area contributed by atoms with E-state index in [-0.39, 0.29) is 36.5 Å². The summed E-state index contributed by atoms with van der Waals surface area (Å²) in [5.74, 6) is 1.52. The van der Waals surface area contributed by atoms with Gasteiger partial charge in [0, 0.05) is 19.0 Å². The van der Waals surface area contributed by atoms with Crippen LogP contribution in [0.4, 0.5) is 5.82 Å². The number of anilines is 1. The maximum atomic E-state index is 10.3. The number of fused-ring (bicyclic) bond motifs is 3. The Hall–Kier alpha value is -2.80. The van der Waals surface area contributed by atoms with E-state index < -0.39 is 0 Å². The Balaban J connectivity index is 0.00000259. The van der Waals surface area contributed by atoms with Crippen LogP contribution < -0.4 is 4.90 Å². The van der Waals surface area contributed by atoms with Gasteiger partial charge in [0.1, 0.15) is 11.9 Å². The van der Waals surface area contributed by atoms with Crippen molar-refractivity contribution in [3.63, 3.8) is 0 Å². The van der Waals surface area contributed by atoms with Crippen molar-refractivity contribution >= 4 is 34.9 Å². The van der Waals surface area contributed by atoms with Crippen LogP contribution in [0.25, 0.3) is 16.7 Å². The summed E-state index contributed by atoms with van der Waals surface area (Å²) in [4.78, 5) is 7.34. The average molecular weight is 464 g/mol. The van der Waals surface area contributed by atoms with E-state index in [1.165, 1.54) is 5.56 Å². The molecule has 3 aromatic rings. The number of hydrogen-bond donors (Lipinski definition) is 0. The van der Waals surface area contributed by atoms with Crippen molar-refractivity contribution in [2.45, 2.75) is 64.6 Å². The Bertz CT molecular complexity index is 1250. The number of para-hydroxylation sites is 2. The zero-order valence-electron chi connectivity index (χ0n) is 19.4. The van der Waals surface area contributed by atoms with Gasteiger partial charge in [-0.2, -0.15) is 10.5 Å². The molecule has 3 atom stereocenters. The zero-order chi connectivity index (χ0) is 22.4. The number of ether oxygens (including phenoxy) is 1. The summed E-state index contributed by atoms with van der Waals surface area (Å²) in [7, 11) is 0. The minimum Gasteiger partial charge on any atom is -0.376 e. The van der Waals surface area contributed by atoms with Crippen LogP contribution in [0.15, 0.2) is 24.3 Å². The first kappa shape index (κ1) is 23.4. The maximum absolute atomic E-state index is 10.3. The van der Waals surface area contributed by atoms with Gasteiger partial charge >= 0.3 is 0 Å². The second-order valence-corrected chi connectivity index (χ2v) is 9.42. The van der Waals surface area contributed by atoms with Crippen molar-refractivity contribution in [1.29, 1.82) is 10.5 Å². The number of imidazole rings is 1. The van der Waals surface area contributed by atoms with E-state index in [4.69, 9.17) is 9.72 Å². The molecule has 33 heavy (non-hydrogen) atoms. The number of benzene rings is 1. The topological polar surface area (TPSA) is 77.3 Å². The number of nitrogens with zero attached hydrogens (tertiary/aromatic N) is 5. The number of hydrogen-bond acceptors (Lipinski definition) is 5. The highest BCUT2D eigenvalue weighted by Gasteiger charge is 2.33. The van der Waals surface area contributed by atoms with Crippen LogP contribution in [0.1, 0.15) is 62.1 Å². The molecule has 7 heteroatoms. The van der Waals surface area contributed by atoms with E-state index in [1.807, 2.05) is 18.2 Å². The predicted molar refractivity (Wildman–Crippen MR) is 132 cm³/mol. The van der Waals surface area contributed by atoms with Crippen LogP contribution in [-0.4, -0.2) is 34.7 Å². The van der Waals surface area contributed by atoms with Gasteiger partial charge in [-0.25, -0.2) is 4.98 Å². The molecule has 2 fully saturated rings. The molecule has 0 aliphatic carbocycles. The number of pyridine rings is 1. The molecule has 0 bridgehead atoms. The summed E-state index contributed by atoms with van der Waals surface area (Å²) in [5.41, 5.74) is 5.68. The maximum Gasteiger partial charge on any atom is 0.157 e. The van der Waals surface area contributed by atoms with Crippen molar-refractivity contribution in [1.82, 2.24) is 9.38 Å². The van der Waals surface area contributed by atoms with Crippen LogP contribution >= 0.6 is 12.4 Å². The summed E-state index contributed by atoms with van der Waals surface area (Å²) in [5, 5.41) is 19.7. The van der Waals surface area contributed by atoms with Crippen molar-refractivity contribution in [2.75, 3.05) is 18.0 Å². The van der Waals surface area contributed by atoms with Crippen LogP contribution in [0.3, 0.4) is 0 Å². The molecule has 1 unspecified atom stereocenters. The van der Waals surface area contributed by atoms with Crippen LogP contribution in [0, 0.1) is 35.5 Å². The molecule has 0 saturated carbocycles. The Morgan fingerprint density at radius 2 is 1.73 bits per heavy atom. The van der Waals surface area contributed by atoms with E-state index in [9.17, 15) is 10.5 Å². The Labute approximate surface area is 201 Å². The number of halogens is 1. The summed E-state index contributed by atoms with van der Waals surface area (Å²) < 4.78 is 8.20. The summed E-state index contributed by atoms with van der Waals surface area (Å²) >= 11 is 0. The molecule has 1 aromatic carbocycles. The quantitative estimate of drug-likeness (QED) is 0.501. The molecular formula is C26H30ClN5O. The average Bonchev–Trinajstić information content (AvgIpc) is 3.17. The summed E-state index contributed by atoms with van der Waals surface area (Å²) in [6.45, 7) is 8.10. The molecule has 0 radical (unpaired) electrons. The standard InChI is InChI=1S/C26H29N5O.ClH/c1-16-12-20(13-17(2)32-16)24-18(3)26(30-10-8-19(14-27)9-11-30)31-23-7-5-4-6-22(23)29-25(31)21(24)15-28;/h4-7,16-17,19-20H,8-13H2,1-3H3;1H/t16-,17+,20?;. The van der Waals surface area contributed by atoms with E-state index in [1.54, 1.807) is 0 Å². The molecule has 0 amide bonds. The van der Waals surface area contributed by atoms with E-state index >= 15 is 0 Å². The lowest BCUT2D eigenvalue weighted by Crippen LogP contribution is -2.36. The van der Waals surface area contributed by atoms with Gasteiger partial charge in [0.05, 0.1) is 34.9 Å². The molecule has 2 aliphatic rings. The second kappa shape index (κ2) is 9.21. The Morgan fingerprint density at radius 3 is 2.36 bits per heavy atom. The summed E-state index contributed by atoms with van der Waals surface area (Å²) in [6, 6.07) is 13.1. The van der Waals surface area contributed by atoms with E-state index in [0.717, 1.165) is 66.8 Å². The molecule has 172 valence electrons. The third-order valence-corrected chi connectivity index (χ3v) is 7.20. The van der Waals surface area contributed by atoms with Crippen molar-refractivity contribution in [2.24, 2.45) is 5.92 Å². The molecular weight excluding hydrogens is 434 g/mol. The van der Waals surface area contributed by atoms with Gasteiger partial charge in [0.15, 0.2) is 5.65 Å². The molecule has 2 saturated heterocycles. The van der Waals surface area contributed by atoms with Gasteiger partial charge in [-0.05, 0) is 75.6 Å². The molecule has 0 spiro atoms. The second-order valence-electron chi connectivity index (χ2n) is 9.42. The number of piperidine rings is 1. The van der Waals surface area contributed by atoms with Gasteiger partial charge in [-0.15, -0.1) is 12.4 Å². The van der Waals surface area contributed by atoms with E-state index in [0.29, 0.717) is 5.56 Å². The minimum atomic E-state index is 0. The highest BCUT2D eigenvalue weighted by atomic mass is 35.5. The third-order valence-electron chi connectivity index (χ3n) is 7.20. The highest BCUT2D eigenvalue weighted by molar-refractivity contribution is 5.86. The lowest BCUT2D eigenvalue weighted by atomic mass is 9.82. The molecule has 6 nitrogen and oxygen atoms in total. The van der Waals surface area contributed by atoms with Gasteiger partial charge in [0.2, 0.25) is 0 Å². The van der Waals surface area contributed by atoms with Gasteiger partial charge in [-0.3, -0.25) is 4.40 Å². The normalized spacial score (nSPS) is 23.8. The van der Waals surface area contributed by atoms with Crippen molar-refractivity contribution < 1.29 is 4.74 Å². The highest BCUT2D eigenvalue weighted by Crippen LogP contribution is 2.42. The van der Waals surface area contributed by atoms with Gasteiger partial charge < -0.3 is 9.64 Å². The van der Waals surface area contributed by atoms with Gasteiger partial charge in [-0.1, -0.05) is 12.1 Å². The fourth-order valence-corrected chi connectivity index (χ4v) is 5.86. The largest absolute Gasteiger partial charge is 0.376 e. The van der Waals surface area contributed by atoms with Crippen LogP contribution in [0.2, 0.25) is 0 Å².